The highest BCUT2D eigenvalue weighted by Crippen LogP contribution is 2.46. The van der Waals surface area contributed by atoms with E-state index in [0.717, 1.165) is 57.1 Å². The topological polar surface area (TPSA) is 57.2 Å². The molecule has 3 fully saturated rings. The lowest BCUT2D eigenvalue weighted by molar-refractivity contribution is -0.295. The van der Waals surface area contributed by atoms with Crippen molar-refractivity contribution in [3.05, 3.63) is 35.9 Å². The number of aliphatic hydroxyl groups excluding tert-OH is 1. The van der Waals surface area contributed by atoms with Gasteiger partial charge < -0.3 is 24.1 Å². The maximum atomic E-state index is 9.56. The fourth-order valence-corrected chi connectivity index (χ4v) is 5.19. The predicted octanol–water partition coefficient (Wildman–Crippen LogP) is 4.21. The molecule has 0 radical (unpaired) electrons. The van der Waals surface area contributed by atoms with Crippen LogP contribution in [0.2, 0.25) is 0 Å². The summed E-state index contributed by atoms with van der Waals surface area (Å²) in [5, 5.41) is 9.56. The summed E-state index contributed by atoms with van der Waals surface area (Å²) >= 11 is 0. The molecule has 29 heavy (non-hydrogen) atoms. The number of aliphatic hydroxyl groups is 1. The van der Waals surface area contributed by atoms with Gasteiger partial charge in [-0.1, -0.05) is 37.3 Å². The Bertz CT molecular complexity index is 644. The van der Waals surface area contributed by atoms with Gasteiger partial charge in [0.1, 0.15) is 6.10 Å². The highest BCUT2D eigenvalue weighted by atomic mass is 16.7. The van der Waals surface area contributed by atoms with Gasteiger partial charge in [-0.05, 0) is 44.6 Å². The Labute approximate surface area is 174 Å². The van der Waals surface area contributed by atoms with Crippen molar-refractivity contribution >= 4 is 0 Å². The number of hydrogen-bond acceptors (Lipinski definition) is 5. The summed E-state index contributed by atoms with van der Waals surface area (Å²) in [5.74, 6) is -0.393. The van der Waals surface area contributed by atoms with Gasteiger partial charge >= 0.3 is 0 Å². The van der Waals surface area contributed by atoms with E-state index in [2.05, 4.69) is 26.0 Å². The minimum atomic E-state index is -0.527. The smallest absolute Gasteiger partial charge is 0.169 e. The van der Waals surface area contributed by atoms with Crippen LogP contribution in [-0.2, 0) is 25.6 Å². The molecule has 0 aromatic heterocycles. The summed E-state index contributed by atoms with van der Waals surface area (Å²) in [5.41, 5.74) is 0.842. The molecule has 3 heterocycles. The van der Waals surface area contributed by atoms with Crippen LogP contribution in [0.5, 0.6) is 0 Å². The summed E-state index contributed by atoms with van der Waals surface area (Å²) in [6.45, 7) is 5.71. The maximum absolute atomic E-state index is 9.56. The van der Waals surface area contributed by atoms with Crippen molar-refractivity contribution < 1.29 is 24.1 Å². The van der Waals surface area contributed by atoms with Gasteiger partial charge in [0.15, 0.2) is 5.79 Å². The van der Waals surface area contributed by atoms with E-state index in [1.54, 1.807) is 0 Å². The Morgan fingerprint density at radius 1 is 1.07 bits per heavy atom. The third kappa shape index (κ3) is 4.70. The molecule has 6 atom stereocenters. The Morgan fingerprint density at radius 2 is 1.86 bits per heavy atom. The molecule has 1 aromatic carbocycles. The van der Waals surface area contributed by atoms with Gasteiger partial charge in [-0.3, -0.25) is 0 Å². The molecule has 3 aliphatic rings. The molecule has 5 nitrogen and oxygen atoms in total. The standard InChI is InChI=1S/C24H36O5/c1-18(16-25)20-10-6-13-24(28-20)14-11-21(29-24)22(23(2)12-7-15-27-23)26-17-19-8-4-3-5-9-19/h3-5,8-9,18,20-22,25H,6-7,10-17H2,1-2H3/t18-,20-,21-,22-,23+,24+/m0/s1. The zero-order valence-corrected chi connectivity index (χ0v) is 17.8. The van der Waals surface area contributed by atoms with Gasteiger partial charge in [0, 0.05) is 32.0 Å². The SMILES string of the molecule is C[C@@H](CO)[C@@H]1CCC[C@@]2(CC[C@@H]([C@H](OCc3ccccc3)[C@@]3(C)CCCO3)O2)O1. The van der Waals surface area contributed by atoms with Crippen LogP contribution >= 0.6 is 0 Å². The van der Waals surface area contributed by atoms with Gasteiger partial charge in [-0.25, -0.2) is 0 Å². The number of ether oxygens (including phenoxy) is 4. The molecule has 3 saturated heterocycles. The molecule has 1 aromatic rings. The molecule has 4 rings (SSSR count). The van der Waals surface area contributed by atoms with E-state index in [9.17, 15) is 5.11 Å². The molecule has 0 bridgehead atoms. The van der Waals surface area contributed by atoms with Crippen LogP contribution < -0.4 is 0 Å². The molecule has 162 valence electrons. The van der Waals surface area contributed by atoms with E-state index >= 15 is 0 Å². The molecule has 5 heteroatoms. The van der Waals surface area contributed by atoms with Crippen molar-refractivity contribution in [2.24, 2.45) is 5.92 Å². The van der Waals surface area contributed by atoms with Crippen LogP contribution in [0.4, 0.5) is 0 Å². The third-order valence-electron chi connectivity index (χ3n) is 6.97. The van der Waals surface area contributed by atoms with E-state index in [1.807, 2.05) is 18.2 Å². The highest BCUT2D eigenvalue weighted by Gasteiger charge is 2.52. The second-order valence-electron chi connectivity index (χ2n) is 9.30. The Hall–Kier alpha value is -0.980. The lowest BCUT2D eigenvalue weighted by Crippen LogP contribution is -2.50. The Balaban J connectivity index is 1.46. The average Bonchev–Trinajstić information content (AvgIpc) is 3.36. The first-order valence-corrected chi connectivity index (χ1v) is 11.3. The average molecular weight is 405 g/mol. The van der Waals surface area contributed by atoms with Gasteiger partial charge in [-0.2, -0.15) is 0 Å². The number of rotatable bonds is 7. The summed E-state index contributed by atoms with van der Waals surface area (Å²) in [7, 11) is 0. The summed E-state index contributed by atoms with van der Waals surface area (Å²) in [6, 6.07) is 10.3. The highest BCUT2D eigenvalue weighted by molar-refractivity contribution is 5.13. The maximum Gasteiger partial charge on any atom is 0.169 e. The number of hydrogen-bond donors (Lipinski definition) is 1. The van der Waals surface area contributed by atoms with Crippen LogP contribution in [0, 0.1) is 5.92 Å². The summed E-state index contributed by atoms with van der Waals surface area (Å²) in [6.07, 6.45) is 6.74. The second-order valence-corrected chi connectivity index (χ2v) is 9.30. The zero-order valence-electron chi connectivity index (χ0n) is 17.8. The Morgan fingerprint density at radius 3 is 2.59 bits per heavy atom. The molecule has 3 aliphatic heterocycles. The largest absolute Gasteiger partial charge is 0.396 e. The molecule has 0 saturated carbocycles. The van der Waals surface area contributed by atoms with Gasteiger partial charge in [0.05, 0.1) is 24.4 Å². The lowest BCUT2D eigenvalue weighted by Gasteiger charge is -2.42. The fourth-order valence-electron chi connectivity index (χ4n) is 5.19. The first-order valence-electron chi connectivity index (χ1n) is 11.3. The number of benzene rings is 1. The van der Waals surface area contributed by atoms with Crippen molar-refractivity contribution in [2.45, 2.75) is 95.1 Å². The second kappa shape index (κ2) is 9.03. The molecular formula is C24H36O5. The summed E-state index contributed by atoms with van der Waals surface area (Å²) < 4.78 is 25.7. The first kappa shape index (κ1) is 21.3. The first-order chi connectivity index (χ1) is 14.0. The molecule has 1 N–H and O–H groups in total. The van der Waals surface area contributed by atoms with Crippen molar-refractivity contribution in [1.82, 2.24) is 0 Å². The van der Waals surface area contributed by atoms with Gasteiger partial charge in [-0.15, -0.1) is 0 Å². The van der Waals surface area contributed by atoms with Crippen LogP contribution in [0.15, 0.2) is 30.3 Å². The quantitative estimate of drug-likeness (QED) is 0.738. The minimum Gasteiger partial charge on any atom is -0.396 e. The predicted molar refractivity (Wildman–Crippen MR) is 110 cm³/mol. The van der Waals surface area contributed by atoms with Crippen LogP contribution in [-0.4, -0.2) is 48.0 Å². The van der Waals surface area contributed by atoms with E-state index in [4.69, 9.17) is 18.9 Å². The molecule has 0 amide bonds. The minimum absolute atomic E-state index is 0.0370. The monoisotopic (exact) mass is 404 g/mol. The van der Waals surface area contributed by atoms with E-state index in [-0.39, 0.29) is 36.4 Å². The molecular weight excluding hydrogens is 368 g/mol. The summed E-state index contributed by atoms with van der Waals surface area (Å²) in [4.78, 5) is 0. The lowest BCUT2D eigenvalue weighted by atomic mass is 9.89. The molecule has 0 aliphatic carbocycles. The van der Waals surface area contributed by atoms with Crippen molar-refractivity contribution in [2.75, 3.05) is 13.2 Å². The van der Waals surface area contributed by atoms with Crippen molar-refractivity contribution in [3.8, 4) is 0 Å². The van der Waals surface area contributed by atoms with E-state index in [0.29, 0.717) is 6.61 Å². The zero-order chi connectivity index (χ0) is 20.3. The van der Waals surface area contributed by atoms with Crippen molar-refractivity contribution in [1.29, 1.82) is 0 Å². The fraction of sp³-hybridized carbons (Fsp3) is 0.750. The van der Waals surface area contributed by atoms with Crippen LogP contribution in [0.3, 0.4) is 0 Å². The molecule has 1 spiro atoms. The van der Waals surface area contributed by atoms with Crippen LogP contribution in [0.1, 0.15) is 64.4 Å². The van der Waals surface area contributed by atoms with Crippen molar-refractivity contribution in [3.63, 3.8) is 0 Å². The molecule has 0 unspecified atom stereocenters. The van der Waals surface area contributed by atoms with E-state index in [1.165, 1.54) is 0 Å². The third-order valence-corrected chi connectivity index (χ3v) is 6.97. The van der Waals surface area contributed by atoms with Crippen LogP contribution in [0.25, 0.3) is 0 Å². The normalized spacial score (nSPS) is 37.1. The van der Waals surface area contributed by atoms with Gasteiger partial charge in [0.25, 0.3) is 0 Å². The van der Waals surface area contributed by atoms with Gasteiger partial charge in [0.2, 0.25) is 0 Å². The Kier molecular flexibility index (Phi) is 6.62. The van der Waals surface area contributed by atoms with E-state index < -0.39 is 5.79 Å².